The Morgan fingerprint density at radius 2 is 2.04 bits per heavy atom. The van der Waals surface area contributed by atoms with Gasteiger partial charge in [0.1, 0.15) is 0 Å². The van der Waals surface area contributed by atoms with Crippen molar-refractivity contribution in [2.24, 2.45) is 0 Å². The highest BCUT2D eigenvalue weighted by Crippen LogP contribution is 2.31. The highest BCUT2D eigenvalue weighted by Gasteiger charge is 2.18. The zero-order valence-corrected chi connectivity index (χ0v) is 13.1. The molecule has 3 rings (SSSR count). The molecule has 0 aliphatic heterocycles. The van der Waals surface area contributed by atoms with E-state index in [4.69, 9.17) is 16.1 Å². The number of ether oxygens (including phenoxy) is 1. The fourth-order valence-corrected chi connectivity index (χ4v) is 2.29. The van der Waals surface area contributed by atoms with E-state index in [1.165, 1.54) is 0 Å². The second-order valence-corrected chi connectivity index (χ2v) is 5.24. The largest absolute Gasteiger partial charge is 0.424 e. The van der Waals surface area contributed by atoms with E-state index in [0.717, 1.165) is 19.1 Å². The molecule has 8 heteroatoms. The second kappa shape index (κ2) is 6.29. The molecule has 0 spiro atoms. The van der Waals surface area contributed by atoms with Gasteiger partial charge >= 0.3 is 5.97 Å². The maximum Gasteiger partial charge on any atom is 0.308 e. The van der Waals surface area contributed by atoms with Crippen molar-refractivity contribution in [2.45, 2.75) is 6.92 Å². The van der Waals surface area contributed by atoms with Gasteiger partial charge in [-0.25, -0.2) is 4.39 Å². The van der Waals surface area contributed by atoms with Gasteiger partial charge in [-0.3, -0.25) is 9.59 Å². The number of nitrogens with one attached hydrogen (secondary N) is 1. The first-order valence-electron chi connectivity index (χ1n) is 6.79. The van der Waals surface area contributed by atoms with Gasteiger partial charge in [-0.2, -0.15) is 0 Å². The average Bonchev–Trinajstić information content (AvgIpc) is 2.95. The van der Waals surface area contributed by atoms with Crippen molar-refractivity contribution >= 4 is 40.1 Å². The third kappa shape index (κ3) is 3.07. The van der Waals surface area contributed by atoms with E-state index >= 15 is 0 Å². The number of hydrogen-bond donors (Lipinski definition) is 1. The predicted molar refractivity (Wildman–Crippen MR) is 84.7 cm³/mol. The lowest BCUT2D eigenvalue weighted by Crippen LogP contribution is -2.13. The molecule has 0 aliphatic carbocycles. The van der Waals surface area contributed by atoms with Gasteiger partial charge in [0.2, 0.25) is 0 Å². The van der Waals surface area contributed by atoms with Crippen LogP contribution < -0.4 is 10.1 Å². The number of benzene rings is 2. The minimum absolute atomic E-state index is 0.00815. The van der Waals surface area contributed by atoms with E-state index in [0.29, 0.717) is 11.0 Å². The first kappa shape index (κ1) is 15.9. The van der Waals surface area contributed by atoms with E-state index < -0.39 is 17.7 Å². The Kier molecular flexibility index (Phi) is 4.18. The molecule has 0 saturated carbocycles. The summed E-state index contributed by atoms with van der Waals surface area (Å²) in [5.74, 6) is -2.45. The van der Waals surface area contributed by atoms with Crippen molar-refractivity contribution in [3.05, 3.63) is 52.9 Å². The molecule has 0 atom stereocenters. The van der Waals surface area contributed by atoms with Crippen LogP contribution in [-0.2, 0) is 4.79 Å². The van der Waals surface area contributed by atoms with E-state index in [1.807, 2.05) is 0 Å². The van der Waals surface area contributed by atoms with Crippen molar-refractivity contribution in [1.29, 1.82) is 0 Å². The summed E-state index contributed by atoms with van der Waals surface area (Å²) in [6, 6.07) is 8.88. The smallest absolute Gasteiger partial charge is 0.308 e. The summed E-state index contributed by atoms with van der Waals surface area (Å²) >= 11 is 5.99. The summed E-state index contributed by atoms with van der Waals surface area (Å²) in [5.41, 5.74) is 0.512. The number of rotatable bonds is 3. The van der Waals surface area contributed by atoms with Crippen molar-refractivity contribution in [3.63, 3.8) is 0 Å². The molecule has 6 nitrogen and oxygen atoms in total. The van der Waals surface area contributed by atoms with Crippen molar-refractivity contribution < 1.29 is 23.2 Å². The lowest BCUT2D eigenvalue weighted by Gasteiger charge is -2.09. The minimum atomic E-state index is -0.838. The van der Waals surface area contributed by atoms with Gasteiger partial charge < -0.3 is 14.6 Å². The van der Waals surface area contributed by atoms with E-state index in [9.17, 15) is 14.0 Å². The number of carbonyl (C=O) groups excluding carboxylic acids is 2. The molecule has 2 aromatic carbocycles. The van der Waals surface area contributed by atoms with Gasteiger partial charge in [0, 0.05) is 19.1 Å². The number of halogens is 2. The van der Waals surface area contributed by atoms with Crippen LogP contribution in [0, 0.1) is 5.82 Å². The Morgan fingerprint density at radius 3 is 2.79 bits per heavy atom. The molecule has 1 amide bonds. The summed E-state index contributed by atoms with van der Waals surface area (Å²) in [6.45, 7) is 1.14. The van der Waals surface area contributed by atoms with Crippen LogP contribution in [0.25, 0.3) is 11.0 Å². The molecule has 0 fully saturated rings. The number of para-hydroxylation sites is 1. The zero-order chi connectivity index (χ0) is 17.3. The fraction of sp³-hybridized carbons (Fsp3) is 0.0625. The lowest BCUT2D eigenvalue weighted by atomic mass is 10.2. The molecular formula is C16H10ClFN2O4. The summed E-state index contributed by atoms with van der Waals surface area (Å²) in [4.78, 5) is 23.2. The molecule has 1 aromatic heterocycles. The molecule has 0 unspecified atom stereocenters. The van der Waals surface area contributed by atoms with Gasteiger partial charge in [-0.05, 0) is 12.1 Å². The Balaban J connectivity index is 1.89. The highest BCUT2D eigenvalue weighted by molar-refractivity contribution is 6.34. The van der Waals surface area contributed by atoms with Crippen LogP contribution in [-0.4, -0.2) is 17.0 Å². The van der Waals surface area contributed by atoms with E-state index in [2.05, 4.69) is 15.2 Å². The van der Waals surface area contributed by atoms with Crippen LogP contribution in [0.5, 0.6) is 5.75 Å². The number of carbonyl (C=O) groups is 2. The van der Waals surface area contributed by atoms with Crippen LogP contribution in [0.2, 0.25) is 5.02 Å². The first-order valence-corrected chi connectivity index (χ1v) is 7.16. The van der Waals surface area contributed by atoms with Crippen LogP contribution in [0.3, 0.4) is 0 Å². The SMILES string of the molecule is CC(=O)Oc1cc(Cl)c(NC(=O)c2noc3ccccc23)cc1F. The summed E-state index contributed by atoms with van der Waals surface area (Å²) in [7, 11) is 0. The van der Waals surface area contributed by atoms with E-state index in [1.54, 1.807) is 24.3 Å². The number of hydrogen-bond acceptors (Lipinski definition) is 5. The monoisotopic (exact) mass is 348 g/mol. The Morgan fingerprint density at radius 1 is 1.29 bits per heavy atom. The average molecular weight is 349 g/mol. The number of nitrogens with zero attached hydrogens (tertiary/aromatic N) is 1. The van der Waals surface area contributed by atoms with Gasteiger partial charge in [-0.1, -0.05) is 28.9 Å². The van der Waals surface area contributed by atoms with Crippen LogP contribution in [0.15, 0.2) is 40.9 Å². The lowest BCUT2D eigenvalue weighted by molar-refractivity contribution is -0.132. The molecule has 0 saturated heterocycles. The Bertz CT molecular complexity index is 954. The highest BCUT2D eigenvalue weighted by atomic mass is 35.5. The predicted octanol–water partition coefficient (Wildman–Crippen LogP) is 3.80. The van der Waals surface area contributed by atoms with Crippen LogP contribution in [0.1, 0.15) is 17.4 Å². The quantitative estimate of drug-likeness (QED) is 0.575. The number of esters is 1. The Hall–Kier alpha value is -2.93. The molecule has 122 valence electrons. The fourth-order valence-electron chi connectivity index (χ4n) is 2.09. The van der Waals surface area contributed by atoms with Crippen molar-refractivity contribution in [1.82, 2.24) is 5.16 Å². The minimum Gasteiger partial charge on any atom is -0.424 e. The summed E-state index contributed by atoms with van der Waals surface area (Å²) < 4.78 is 23.6. The van der Waals surface area contributed by atoms with Crippen LogP contribution in [0.4, 0.5) is 10.1 Å². The Labute approximate surface area is 140 Å². The number of anilines is 1. The van der Waals surface area contributed by atoms with Crippen LogP contribution >= 0.6 is 11.6 Å². The van der Waals surface area contributed by atoms with Crippen molar-refractivity contribution in [2.75, 3.05) is 5.32 Å². The number of aromatic nitrogens is 1. The molecule has 1 heterocycles. The molecular weight excluding hydrogens is 339 g/mol. The number of amides is 1. The maximum absolute atomic E-state index is 13.9. The standard InChI is InChI=1S/C16H10ClFN2O4/c1-8(21)23-14-6-10(17)12(7-11(14)18)19-16(22)15-9-4-2-3-5-13(9)24-20-15/h2-7H,1H3,(H,19,22). The summed E-state index contributed by atoms with van der Waals surface area (Å²) in [5, 5.41) is 6.68. The first-order chi connectivity index (χ1) is 11.5. The third-order valence-electron chi connectivity index (χ3n) is 3.12. The van der Waals surface area contributed by atoms with E-state index in [-0.39, 0.29) is 22.2 Å². The third-order valence-corrected chi connectivity index (χ3v) is 3.43. The zero-order valence-electron chi connectivity index (χ0n) is 12.3. The molecule has 0 aliphatic rings. The molecule has 0 bridgehead atoms. The maximum atomic E-state index is 13.9. The van der Waals surface area contributed by atoms with Gasteiger partial charge in [0.25, 0.3) is 5.91 Å². The topological polar surface area (TPSA) is 81.4 Å². The summed E-state index contributed by atoms with van der Waals surface area (Å²) in [6.07, 6.45) is 0. The normalized spacial score (nSPS) is 10.6. The molecule has 0 radical (unpaired) electrons. The number of fused-ring (bicyclic) bond motifs is 1. The molecule has 24 heavy (non-hydrogen) atoms. The van der Waals surface area contributed by atoms with Gasteiger partial charge in [0.15, 0.2) is 22.8 Å². The molecule has 1 N–H and O–H groups in total. The van der Waals surface area contributed by atoms with Crippen molar-refractivity contribution in [3.8, 4) is 5.75 Å². The van der Waals surface area contributed by atoms with Gasteiger partial charge in [-0.15, -0.1) is 0 Å². The second-order valence-electron chi connectivity index (χ2n) is 4.84. The molecule has 3 aromatic rings. The van der Waals surface area contributed by atoms with Gasteiger partial charge in [0.05, 0.1) is 16.1 Å².